The van der Waals surface area contributed by atoms with Crippen molar-refractivity contribution in [1.29, 1.82) is 0 Å². The number of nitrogens with two attached hydrogens (primary N) is 1. The first-order chi connectivity index (χ1) is 18.9. The fraction of sp³-hybridized carbons (Fsp3) is 0.0303. The molecular weight excluding hydrogens is 491 g/mol. The summed E-state index contributed by atoms with van der Waals surface area (Å²) in [6.07, 6.45) is 0. The van der Waals surface area contributed by atoms with Crippen molar-refractivity contribution in [2.24, 2.45) is 5.73 Å². The molecule has 5 aromatic carbocycles. The van der Waals surface area contributed by atoms with Crippen LogP contribution in [0, 0.1) is 5.82 Å². The Kier molecular flexibility index (Phi) is 7.19. The monoisotopic (exact) mass is 516 g/mol. The van der Waals surface area contributed by atoms with Gasteiger partial charge < -0.3 is 15.7 Å². The molecule has 0 saturated carbocycles. The largest absolute Gasteiger partial charge is 0.507 e. The van der Waals surface area contributed by atoms with Gasteiger partial charge in [-0.2, -0.15) is 0 Å². The summed E-state index contributed by atoms with van der Waals surface area (Å²) in [6, 6.07) is 34.4. The van der Waals surface area contributed by atoms with Gasteiger partial charge in [0.05, 0.1) is 12.1 Å². The Morgan fingerprint density at radius 3 is 2.00 bits per heavy atom. The van der Waals surface area contributed by atoms with Crippen LogP contribution in [0.3, 0.4) is 0 Å². The average Bonchev–Trinajstić information content (AvgIpc) is 2.96. The molecule has 0 fully saturated rings. The molecule has 0 aliphatic carbocycles. The van der Waals surface area contributed by atoms with Crippen LogP contribution in [0.15, 0.2) is 121 Å². The molecule has 0 aromatic heterocycles. The van der Waals surface area contributed by atoms with Crippen molar-refractivity contribution in [3.63, 3.8) is 0 Å². The number of amides is 2. The van der Waals surface area contributed by atoms with Crippen LogP contribution in [0.2, 0.25) is 0 Å². The summed E-state index contributed by atoms with van der Waals surface area (Å²) >= 11 is 0. The fourth-order valence-electron chi connectivity index (χ4n) is 4.62. The molecule has 5 aromatic rings. The summed E-state index contributed by atoms with van der Waals surface area (Å²) in [5.41, 5.74) is 9.99. The highest BCUT2D eigenvalue weighted by Gasteiger charge is 2.22. The minimum atomic E-state index is -0.630. The van der Waals surface area contributed by atoms with E-state index in [9.17, 15) is 19.1 Å². The predicted molar refractivity (Wildman–Crippen MR) is 151 cm³/mol. The van der Waals surface area contributed by atoms with Gasteiger partial charge in [-0.25, -0.2) is 4.39 Å². The predicted octanol–water partition coefficient (Wildman–Crippen LogP) is 6.81. The molecule has 0 spiro atoms. The van der Waals surface area contributed by atoms with E-state index in [0.717, 1.165) is 11.1 Å². The maximum absolute atomic E-state index is 13.7. The summed E-state index contributed by atoms with van der Waals surface area (Å²) in [6.45, 7) is 0.249. The van der Waals surface area contributed by atoms with Crippen LogP contribution >= 0.6 is 0 Å². The molecule has 0 radical (unpaired) electrons. The van der Waals surface area contributed by atoms with E-state index in [2.05, 4.69) is 0 Å². The number of phenols is 1. The highest BCUT2D eigenvalue weighted by Crippen LogP contribution is 2.37. The first-order valence-electron chi connectivity index (χ1n) is 12.4. The van der Waals surface area contributed by atoms with Crippen molar-refractivity contribution in [1.82, 2.24) is 0 Å². The number of nitrogens with zero attached hydrogens (tertiary/aromatic N) is 1. The Bertz CT molecular complexity index is 1640. The lowest BCUT2D eigenvalue weighted by Gasteiger charge is -2.24. The fourth-order valence-corrected chi connectivity index (χ4v) is 4.62. The molecule has 6 heteroatoms. The van der Waals surface area contributed by atoms with Crippen molar-refractivity contribution in [3.8, 4) is 28.0 Å². The molecule has 0 aliphatic rings. The Morgan fingerprint density at radius 1 is 0.718 bits per heavy atom. The lowest BCUT2D eigenvalue weighted by molar-refractivity contribution is 0.0981. The van der Waals surface area contributed by atoms with Gasteiger partial charge in [-0.3, -0.25) is 9.59 Å². The van der Waals surface area contributed by atoms with E-state index in [-0.39, 0.29) is 29.3 Å². The van der Waals surface area contributed by atoms with E-state index in [0.29, 0.717) is 22.4 Å². The highest BCUT2D eigenvalue weighted by atomic mass is 19.1. The van der Waals surface area contributed by atoms with E-state index in [4.69, 9.17) is 5.73 Å². The second-order valence-electron chi connectivity index (χ2n) is 9.04. The standard InChI is InChI=1S/C33H25FN2O3/c34-25-15-17-26(18-16-25)36(21-22-8-3-1-4-9-22)33(39)24-14-19-28(30(37)20-24)29-13-7-12-27(31(29)32(35)38)23-10-5-2-6-11-23/h1-20,37H,21H2,(H2,35,38). The van der Waals surface area contributed by atoms with Gasteiger partial charge >= 0.3 is 0 Å². The molecule has 0 bridgehead atoms. The van der Waals surface area contributed by atoms with Gasteiger partial charge in [0.1, 0.15) is 11.6 Å². The lowest BCUT2D eigenvalue weighted by atomic mass is 9.90. The van der Waals surface area contributed by atoms with E-state index in [1.807, 2.05) is 60.7 Å². The van der Waals surface area contributed by atoms with Gasteiger partial charge in [0.15, 0.2) is 0 Å². The number of anilines is 1. The minimum Gasteiger partial charge on any atom is -0.507 e. The quantitative estimate of drug-likeness (QED) is 0.249. The summed E-state index contributed by atoms with van der Waals surface area (Å²) < 4.78 is 13.6. The SMILES string of the molecule is NC(=O)c1c(-c2ccccc2)cccc1-c1ccc(C(=O)N(Cc2ccccc2)c2ccc(F)cc2)cc1O. The molecule has 3 N–H and O–H groups in total. The van der Waals surface area contributed by atoms with Gasteiger partial charge in [0.2, 0.25) is 5.91 Å². The minimum absolute atomic E-state index is 0.174. The van der Waals surface area contributed by atoms with E-state index >= 15 is 0 Å². The molecule has 5 nitrogen and oxygen atoms in total. The second kappa shape index (κ2) is 11.0. The van der Waals surface area contributed by atoms with Crippen molar-refractivity contribution in [3.05, 3.63) is 144 Å². The topological polar surface area (TPSA) is 83.6 Å². The van der Waals surface area contributed by atoms with E-state index in [1.54, 1.807) is 42.5 Å². The zero-order chi connectivity index (χ0) is 27.4. The zero-order valence-corrected chi connectivity index (χ0v) is 20.9. The molecule has 0 atom stereocenters. The van der Waals surface area contributed by atoms with Crippen LogP contribution < -0.4 is 10.6 Å². The molecular formula is C33H25FN2O3. The normalized spacial score (nSPS) is 10.7. The van der Waals surface area contributed by atoms with Crippen molar-refractivity contribution in [2.45, 2.75) is 6.54 Å². The number of carbonyl (C=O) groups excluding carboxylic acids is 2. The van der Waals surface area contributed by atoms with Crippen LogP contribution in [-0.4, -0.2) is 16.9 Å². The van der Waals surface area contributed by atoms with E-state index in [1.165, 1.54) is 23.1 Å². The number of rotatable bonds is 7. The summed E-state index contributed by atoms with van der Waals surface area (Å²) in [5, 5.41) is 11.1. The first kappa shape index (κ1) is 25.4. The molecule has 0 aliphatic heterocycles. The lowest BCUT2D eigenvalue weighted by Crippen LogP contribution is -2.30. The Balaban J connectivity index is 1.54. The molecule has 192 valence electrons. The number of halogens is 1. The van der Waals surface area contributed by atoms with Crippen LogP contribution in [-0.2, 0) is 6.54 Å². The van der Waals surface area contributed by atoms with Crippen LogP contribution in [0.5, 0.6) is 5.75 Å². The smallest absolute Gasteiger partial charge is 0.258 e. The number of primary amides is 1. The van der Waals surface area contributed by atoms with Gasteiger partial charge in [-0.05, 0) is 64.7 Å². The van der Waals surface area contributed by atoms with Crippen molar-refractivity contribution in [2.75, 3.05) is 4.90 Å². The Hall–Kier alpha value is -5.23. The molecule has 0 heterocycles. The Morgan fingerprint density at radius 2 is 1.36 bits per heavy atom. The third-order valence-corrected chi connectivity index (χ3v) is 6.50. The molecule has 5 rings (SSSR count). The zero-order valence-electron chi connectivity index (χ0n) is 20.9. The Labute approximate surface area is 225 Å². The third-order valence-electron chi connectivity index (χ3n) is 6.50. The first-order valence-corrected chi connectivity index (χ1v) is 12.4. The van der Waals surface area contributed by atoms with Crippen LogP contribution in [0.25, 0.3) is 22.3 Å². The average molecular weight is 517 g/mol. The maximum atomic E-state index is 13.7. The number of aromatic hydroxyl groups is 1. The third kappa shape index (κ3) is 5.40. The number of carbonyl (C=O) groups is 2. The van der Waals surface area contributed by atoms with Gasteiger partial charge in [0.25, 0.3) is 5.91 Å². The molecule has 0 unspecified atom stereocenters. The summed E-state index contributed by atoms with van der Waals surface area (Å²) in [5.74, 6) is -1.59. The van der Waals surface area contributed by atoms with Crippen LogP contribution in [0.4, 0.5) is 10.1 Å². The number of hydrogen-bond acceptors (Lipinski definition) is 3. The molecule has 2 amide bonds. The van der Waals surface area contributed by atoms with Gasteiger partial charge in [-0.15, -0.1) is 0 Å². The number of phenolic OH excluding ortho intramolecular Hbond substituents is 1. The molecule has 0 saturated heterocycles. The van der Waals surface area contributed by atoms with E-state index < -0.39 is 11.7 Å². The van der Waals surface area contributed by atoms with Gasteiger partial charge in [0, 0.05) is 16.8 Å². The second-order valence-corrected chi connectivity index (χ2v) is 9.04. The van der Waals surface area contributed by atoms with Gasteiger partial charge in [-0.1, -0.05) is 78.9 Å². The highest BCUT2D eigenvalue weighted by molar-refractivity contribution is 6.08. The van der Waals surface area contributed by atoms with Crippen LogP contribution in [0.1, 0.15) is 26.3 Å². The van der Waals surface area contributed by atoms with Crippen molar-refractivity contribution >= 4 is 17.5 Å². The number of hydrogen-bond donors (Lipinski definition) is 2. The number of benzene rings is 5. The maximum Gasteiger partial charge on any atom is 0.258 e. The molecule has 39 heavy (non-hydrogen) atoms. The van der Waals surface area contributed by atoms with Crippen molar-refractivity contribution < 1.29 is 19.1 Å². The summed E-state index contributed by atoms with van der Waals surface area (Å²) in [4.78, 5) is 27.8. The summed E-state index contributed by atoms with van der Waals surface area (Å²) in [7, 11) is 0.